The number of aliphatic hydroxyl groups is 1. The maximum Gasteiger partial charge on any atom is 0.311 e. The highest BCUT2D eigenvalue weighted by Crippen LogP contribution is 2.19. The van der Waals surface area contributed by atoms with Gasteiger partial charge in [0.25, 0.3) is 0 Å². The highest BCUT2D eigenvalue weighted by Gasteiger charge is 2.28. The van der Waals surface area contributed by atoms with Crippen LogP contribution in [0.25, 0.3) is 0 Å². The molecular formula is C11H22O3. The molecule has 0 aromatic carbocycles. The second-order valence-corrected chi connectivity index (χ2v) is 4.96. The normalized spacial score (nSPS) is 18.5. The Morgan fingerprint density at radius 3 is 1.93 bits per heavy atom. The fourth-order valence-corrected chi connectivity index (χ4v) is 0.845. The maximum atomic E-state index is 11.5. The van der Waals surface area contributed by atoms with Gasteiger partial charge in [0.1, 0.15) is 6.10 Å². The van der Waals surface area contributed by atoms with Crippen molar-refractivity contribution in [2.75, 3.05) is 0 Å². The molecule has 0 rings (SSSR count). The van der Waals surface area contributed by atoms with Crippen molar-refractivity contribution in [1.82, 2.24) is 0 Å². The molecule has 1 N–H and O–H groups in total. The van der Waals surface area contributed by atoms with Gasteiger partial charge in [-0.1, -0.05) is 6.92 Å². The largest absolute Gasteiger partial charge is 0.462 e. The molecule has 3 atom stereocenters. The summed E-state index contributed by atoms with van der Waals surface area (Å²) in [4.78, 5) is 11.5. The molecule has 0 aliphatic heterocycles. The Hall–Kier alpha value is -0.570. The van der Waals surface area contributed by atoms with Gasteiger partial charge in [-0.25, -0.2) is 0 Å². The third-order valence-electron chi connectivity index (χ3n) is 2.41. The van der Waals surface area contributed by atoms with E-state index in [1.165, 1.54) is 0 Å². The number of carbonyl (C=O) groups excluding carboxylic acids is 1. The molecule has 0 radical (unpaired) electrons. The predicted octanol–water partition coefficient (Wildman–Crippen LogP) is 1.98. The molecule has 0 bridgehead atoms. The lowest BCUT2D eigenvalue weighted by atomic mass is 9.96. The molecule has 3 heteroatoms. The molecule has 0 aliphatic rings. The van der Waals surface area contributed by atoms with Gasteiger partial charge in [0, 0.05) is 5.92 Å². The first-order chi connectivity index (χ1) is 6.16. The molecule has 0 spiro atoms. The smallest absolute Gasteiger partial charge is 0.311 e. The second-order valence-electron chi connectivity index (χ2n) is 4.96. The van der Waals surface area contributed by atoms with Gasteiger partial charge in [0.2, 0.25) is 0 Å². The van der Waals surface area contributed by atoms with Gasteiger partial charge >= 0.3 is 5.97 Å². The summed E-state index contributed by atoms with van der Waals surface area (Å²) in [5.41, 5.74) is -0.479. The number of esters is 1. The monoisotopic (exact) mass is 202 g/mol. The van der Waals surface area contributed by atoms with Crippen molar-refractivity contribution >= 4 is 5.97 Å². The van der Waals surface area contributed by atoms with Gasteiger partial charge < -0.3 is 9.84 Å². The van der Waals surface area contributed by atoms with Gasteiger partial charge in [0.05, 0.1) is 11.5 Å². The second kappa shape index (κ2) is 4.78. The fraction of sp³-hybridized carbons (Fsp3) is 0.909. The van der Waals surface area contributed by atoms with E-state index < -0.39 is 11.5 Å². The zero-order chi connectivity index (χ0) is 11.5. The summed E-state index contributed by atoms with van der Waals surface area (Å²) < 4.78 is 5.24. The molecular weight excluding hydrogens is 180 g/mol. The fourth-order valence-electron chi connectivity index (χ4n) is 0.845. The van der Waals surface area contributed by atoms with Crippen molar-refractivity contribution in [3.05, 3.63) is 0 Å². The van der Waals surface area contributed by atoms with E-state index in [2.05, 4.69) is 0 Å². The van der Waals surface area contributed by atoms with Crippen LogP contribution in [0.4, 0.5) is 0 Å². The first-order valence-electron chi connectivity index (χ1n) is 5.05. The van der Waals surface area contributed by atoms with Crippen molar-refractivity contribution in [3.63, 3.8) is 0 Å². The average molecular weight is 202 g/mol. The zero-order valence-corrected chi connectivity index (χ0v) is 10.00. The number of carbonyl (C=O) groups is 1. The molecule has 0 aromatic heterocycles. The van der Waals surface area contributed by atoms with Gasteiger partial charge in [0.15, 0.2) is 0 Å². The Morgan fingerprint density at radius 1 is 1.21 bits per heavy atom. The molecule has 0 aliphatic carbocycles. The standard InChI is InChI=1S/C11H22O3/c1-7(8(2)12)9(3)14-10(13)11(4,5)6/h7-9,12H,1-6H3. The molecule has 0 saturated carbocycles. The molecule has 84 valence electrons. The minimum atomic E-state index is -0.479. The quantitative estimate of drug-likeness (QED) is 0.712. The van der Waals surface area contributed by atoms with E-state index in [0.717, 1.165) is 0 Å². The number of hydrogen-bond donors (Lipinski definition) is 1. The molecule has 0 heterocycles. The molecule has 0 fully saturated rings. The van der Waals surface area contributed by atoms with E-state index in [1.54, 1.807) is 13.8 Å². The number of ether oxygens (including phenoxy) is 1. The lowest BCUT2D eigenvalue weighted by molar-refractivity contribution is -0.161. The summed E-state index contributed by atoms with van der Waals surface area (Å²) in [5, 5.41) is 9.32. The summed E-state index contributed by atoms with van der Waals surface area (Å²) in [7, 11) is 0. The van der Waals surface area contributed by atoms with Gasteiger partial charge in [-0.15, -0.1) is 0 Å². The number of aliphatic hydroxyl groups excluding tert-OH is 1. The van der Waals surface area contributed by atoms with Crippen LogP contribution in [-0.4, -0.2) is 23.3 Å². The lowest BCUT2D eigenvalue weighted by Gasteiger charge is -2.26. The lowest BCUT2D eigenvalue weighted by Crippen LogP contribution is -2.33. The van der Waals surface area contributed by atoms with E-state index in [0.29, 0.717) is 0 Å². The summed E-state index contributed by atoms with van der Waals surface area (Å²) >= 11 is 0. The van der Waals surface area contributed by atoms with Crippen molar-refractivity contribution in [1.29, 1.82) is 0 Å². The Bertz CT molecular complexity index is 191. The van der Waals surface area contributed by atoms with Gasteiger partial charge in [-0.3, -0.25) is 4.79 Å². The molecule has 0 saturated heterocycles. The molecule has 0 aromatic rings. The van der Waals surface area contributed by atoms with Crippen LogP contribution in [0, 0.1) is 11.3 Å². The number of hydrogen-bond acceptors (Lipinski definition) is 3. The van der Waals surface area contributed by atoms with Crippen LogP contribution in [0.2, 0.25) is 0 Å². The van der Waals surface area contributed by atoms with Gasteiger partial charge in [-0.2, -0.15) is 0 Å². The molecule has 3 nitrogen and oxygen atoms in total. The topological polar surface area (TPSA) is 46.5 Å². The van der Waals surface area contributed by atoms with Crippen molar-refractivity contribution < 1.29 is 14.6 Å². The van der Waals surface area contributed by atoms with Crippen LogP contribution >= 0.6 is 0 Å². The molecule has 3 unspecified atom stereocenters. The van der Waals surface area contributed by atoms with E-state index in [9.17, 15) is 9.90 Å². The van der Waals surface area contributed by atoms with E-state index in [1.807, 2.05) is 27.7 Å². The van der Waals surface area contributed by atoms with Gasteiger partial charge in [-0.05, 0) is 34.6 Å². The molecule has 14 heavy (non-hydrogen) atoms. The minimum absolute atomic E-state index is 0.0405. The van der Waals surface area contributed by atoms with Crippen LogP contribution in [0.1, 0.15) is 41.5 Å². The Labute approximate surface area is 86.5 Å². The summed E-state index contributed by atoms with van der Waals surface area (Å²) in [6.07, 6.45) is -0.709. The maximum absolute atomic E-state index is 11.5. The van der Waals surface area contributed by atoms with Crippen molar-refractivity contribution in [2.45, 2.75) is 53.8 Å². The third-order valence-corrected chi connectivity index (χ3v) is 2.41. The zero-order valence-electron chi connectivity index (χ0n) is 10.00. The summed E-state index contributed by atoms with van der Waals surface area (Å²) in [6, 6.07) is 0. The first-order valence-corrected chi connectivity index (χ1v) is 5.05. The predicted molar refractivity (Wildman–Crippen MR) is 55.9 cm³/mol. The van der Waals surface area contributed by atoms with Crippen LogP contribution in [0.15, 0.2) is 0 Å². The summed E-state index contributed by atoms with van der Waals surface area (Å²) in [6.45, 7) is 10.8. The Balaban J connectivity index is 4.20. The van der Waals surface area contributed by atoms with E-state index in [-0.39, 0.29) is 18.0 Å². The highest BCUT2D eigenvalue weighted by atomic mass is 16.5. The van der Waals surface area contributed by atoms with Crippen molar-refractivity contribution in [2.24, 2.45) is 11.3 Å². The van der Waals surface area contributed by atoms with E-state index >= 15 is 0 Å². The first kappa shape index (κ1) is 13.4. The number of rotatable bonds is 3. The molecule has 0 amide bonds. The van der Waals surface area contributed by atoms with E-state index in [4.69, 9.17) is 4.74 Å². The Morgan fingerprint density at radius 2 is 1.64 bits per heavy atom. The highest BCUT2D eigenvalue weighted by molar-refractivity contribution is 5.75. The minimum Gasteiger partial charge on any atom is -0.462 e. The summed E-state index contributed by atoms with van der Waals surface area (Å²) in [5.74, 6) is -0.265. The van der Waals surface area contributed by atoms with Crippen LogP contribution in [-0.2, 0) is 9.53 Å². The Kier molecular flexibility index (Phi) is 4.59. The van der Waals surface area contributed by atoms with Crippen LogP contribution < -0.4 is 0 Å². The van der Waals surface area contributed by atoms with Crippen LogP contribution in [0.3, 0.4) is 0 Å². The van der Waals surface area contributed by atoms with Crippen LogP contribution in [0.5, 0.6) is 0 Å². The third kappa shape index (κ3) is 4.09. The van der Waals surface area contributed by atoms with Crippen molar-refractivity contribution in [3.8, 4) is 0 Å². The SMILES string of the molecule is CC(O)C(C)C(C)OC(=O)C(C)(C)C. The average Bonchev–Trinajstić information content (AvgIpc) is 2.00.